The summed E-state index contributed by atoms with van der Waals surface area (Å²) >= 11 is 3.41. The van der Waals surface area contributed by atoms with Crippen molar-refractivity contribution in [2.45, 2.75) is 24.7 Å². The summed E-state index contributed by atoms with van der Waals surface area (Å²) in [7, 11) is -3.63. The highest BCUT2D eigenvalue weighted by atomic mass is 79.9. The van der Waals surface area contributed by atoms with Crippen molar-refractivity contribution in [2.75, 3.05) is 16.6 Å². The minimum Gasteiger partial charge on any atom is -0.384 e. The van der Waals surface area contributed by atoms with Gasteiger partial charge in [0.25, 0.3) is 10.0 Å². The second-order valence-electron chi connectivity index (χ2n) is 5.44. The van der Waals surface area contributed by atoms with E-state index in [-0.39, 0.29) is 4.90 Å². The molecule has 22 heavy (non-hydrogen) atoms. The summed E-state index contributed by atoms with van der Waals surface area (Å²) in [4.78, 5) is 0.289. The molecule has 0 unspecified atom stereocenters. The molecular formula is C16H17BrN2O2S. The van der Waals surface area contributed by atoms with E-state index >= 15 is 0 Å². The fourth-order valence-corrected chi connectivity index (χ4v) is 4.54. The third-order valence-corrected chi connectivity index (χ3v) is 5.53. The summed E-state index contributed by atoms with van der Waals surface area (Å²) in [6.07, 6.45) is 1.89. The average molecular weight is 381 g/mol. The maximum absolute atomic E-state index is 12.7. The van der Waals surface area contributed by atoms with Crippen molar-refractivity contribution in [2.24, 2.45) is 0 Å². The second-order valence-corrected chi connectivity index (χ2v) is 8.01. The average Bonchev–Trinajstić information content (AvgIpc) is 2.48. The van der Waals surface area contributed by atoms with E-state index in [1.165, 1.54) is 0 Å². The molecule has 0 fully saturated rings. The minimum atomic E-state index is -3.63. The van der Waals surface area contributed by atoms with E-state index in [9.17, 15) is 8.42 Å². The molecule has 2 aromatic carbocycles. The second kappa shape index (κ2) is 5.93. The quantitative estimate of drug-likeness (QED) is 0.848. The van der Waals surface area contributed by atoms with E-state index in [0.717, 1.165) is 35.0 Å². The molecule has 2 aromatic rings. The van der Waals surface area contributed by atoms with E-state index < -0.39 is 10.0 Å². The lowest BCUT2D eigenvalue weighted by atomic mass is 10.0. The molecule has 0 saturated carbocycles. The van der Waals surface area contributed by atoms with Crippen LogP contribution in [0.1, 0.15) is 17.5 Å². The van der Waals surface area contributed by atoms with Gasteiger partial charge in [-0.15, -0.1) is 0 Å². The molecule has 6 heteroatoms. The first kappa shape index (κ1) is 15.4. The van der Waals surface area contributed by atoms with Crippen molar-refractivity contribution in [3.63, 3.8) is 0 Å². The number of fused-ring (bicyclic) bond motifs is 1. The molecule has 2 N–H and O–H groups in total. The van der Waals surface area contributed by atoms with Gasteiger partial charge in [0.05, 0.1) is 5.69 Å². The van der Waals surface area contributed by atoms with Crippen molar-refractivity contribution in [1.82, 2.24) is 0 Å². The van der Waals surface area contributed by atoms with Crippen LogP contribution in [0.25, 0.3) is 0 Å². The zero-order valence-corrected chi connectivity index (χ0v) is 14.6. The van der Waals surface area contributed by atoms with E-state index in [1.54, 1.807) is 18.2 Å². The molecule has 0 spiro atoms. The largest absolute Gasteiger partial charge is 0.384 e. The molecular weight excluding hydrogens is 364 g/mol. The van der Waals surface area contributed by atoms with Crippen molar-refractivity contribution in [3.8, 4) is 0 Å². The number of aryl methyl sites for hydroxylation is 2. The highest BCUT2D eigenvalue weighted by molar-refractivity contribution is 9.10. The molecule has 0 atom stereocenters. The Labute approximate surface area is 139 Å². The number of hydrogen-bond acceptors (Lipinski definition) is 3. The summed E-state index contributed by atoms with van der Waals surface area (Å²) in [6, 6.07) is 10.9. The fourth-order valence-electron chi connectivity index (χ4n) is 2.57. The molecule has 1 aliphatic heterocycles. The molecule has 0 saturated heterocycles. The van der Waals surface area contributed by atoms with Gasteiger partial charge in [-0.3, -0.25) is 4.72 Å². The van der Waals surface area contributed by atoms with Gasteiger partial charge in [0.1, 0.15) is 4.90 Å². The van der Waals surface area contributed by atoms with Crippen LogP contribution < -0.4 is 10.0 Å². The summed E-state index contributed by atoms with van der Waals surface area (Å²) in [6.45, 7) is 2.76. The molecule has 0 amide bonds. The Balaban J connectivity index is 2.02. The number of halogens is 1. The van der Waals surface area contributed by atoms with Gasteiger partial charge in [-0.1, -0.05) is 33.6 Å². The zero-order valence-electron chi connectivity index (χ0n) is 12.2. The molecule has 1 heterocycles. The summed E-state index contributed by atoms with van der Waals surface area (Å²) < 4.78 is 28.9. The maximum Gasteiger partial charge on any atom is 0.264 e. The van der Waals surface area contributed by atoms with Crippen molar-refractivity contribution < 1.29 is 8.42 Å². The molecule has 4 nitrogen and oxygen atoms in total. The van der Waals surface area contributed by atoms with Gasteiger partial charge in [0, 0.05) is 16.7 Å². The van der Waals surface area contributed by atoms with Crippen LogP contribution in [0.15, 0.2) is 45.8 Å². The highest BCUT2D eigenvalue weighted by Crippen LogP contribution is 2.34. The van der Waals surface area contributed by atoms with Crippen LogP contribution in [-0.4, -0.2) is 15.0 Å². The predicted molar refractivity (Wildman–Crippen MR) is 92.9 cm³/mol. The van der Waals surface area contributed by atoms with E-state index in [4.69, 9.17) is 0 Å². The van der Waals surface area contributed by atoms with Gasteiger partial charge >= 0.3 is 0 Å². The van der Waals surface area contributed by atoms with E-state index in [2.05, 4.69) is 26.0 Å². The first-order valence-electron chi connectivity index (χ1n) is 7.11. The Hall–Kier alpha value is -1.53. The van der Waals surface area contributed by atoms with Crippen molar-refractivity contribution in [3.05, 3.63) is 52.0 Å². The normalized spacial score (nSPS) is 14.1. The lowest BCUT2D eigenvalue weighted by molar-refractivity contribution is 0.601. The Bertz CT molecular complexity index is 802. The van der Waals surface area contributed by atoms with E-state index in [0.29, 0.717) is 11.4 Å². The van der Waals surface area contributed by atoms with Crippen LogP contribution >= 0.6 is 15.9 Å². The van der Waals surface area contributed by atoms with E-state index in [1.807, 2.05) is 25.1 Å². The minimum absolute atomic E-state index is 0.289. The van der Waals surface area contributed by atoms with Gasteiger partial charge < -0.3 is 5.32 Å². The van der Waals surface area contributed by atoms with Gasteiger partial charge in [-0.2, -0.15) is 0 Å². The molecule has 116 valence electrons. The first-order valence-corrected chi connectivity index (χ1v) is 9.39. The monoisotopic (exact) mass is 380 g/mol. The third-order valence-electron chi connectivity index (χ3n) is 3.67. The van der Waals surface area contributed by atoms with Gasteiger partial charge in [0.2, 0.25) is 0 Å². The molecule has 0 aliphatic carbocycles. The van der Waals surface area contributed by atoms with Crippen molar-refractivity contribution >= 4 is 37.3 Å². The Kier molecular flexibility index (Phi) is 4.14. The summed E-state index contributed by atoms with van der Waals surface area (Å²) in [5.41, 5.74) is 3.40. The lowest BCUT2D eigenvalue weighted by Crippen LogP contribution is -2.19. The number of benzene rings is 2. The van der Waals surface area contributed by atoms with Gasteiger partial charge in [-0.05, 0) is 49.6 Å². The Morgan fingerprint density at radius 3 is 2.64 bits per heavy atom. The van der Waals surface area contributed by atoms with Gasteiger partial charge in [0.15, 0.2) is 0 Å². The fraction of sp³-hybridized carbons (Fsp3) is 0.250. The number of anilines is 2. The predicted octanol–water partition coefficient (Wildman–Crippen LogP) is 3.92. The molecule has 0 aromatic heterocycles. The smallest absolute Gasteiger partial charge is 0.264 e. The molecule has 3 rings (SSSR count). The maximum atomic E-state index is 12.7. The topological polar surface area (TPSA) is 58.2 Å². The number of sulfonamides is 1. The highest BCUT2D eigenvalue weighted by Gasteiger charge is 2.23. The van der Waals surface area contributed by atoms with Crippen molar-refractivity contribution in [1.29, 1.82) is 0 Å². The standard InChI is InChI=1S/C16H17BrN2O2S/c1-11-4-6-14(7-5-11)19-22(20,21)15-10-13(17)9-12-3-2-8-18-16(12)15/h4-7,9-10,18-19H,2-3,8H2,1H3. The summed E-state index contributed by atoms with van der Waals surface area (Å²) in [5, 5.41) is 3.22. The molecule has 0 bridgehead atoms. The Morgan fingerprint density at radius 2 is 1.91 bits per heavy atom. The first-order chi connectivity index (χ1) is 10.5. The molecule has 1 aliphatic rings. The molecule has 0 radical (unpaired) electrons. The number of rotatable bonds is 3. The van der Waals surface area contributed by atoms with Gasteiger partial charge in [-0.25, -0.2) is 8.42 Å². The van der Waals surface area contributed by atoms with Crippen LogP contribution in [-0.2, 0) is 16.4 Å². The van der Waals surface area contributed by atoms with Crippen LogP contribution in [0.5, 0.6) is 0 Å². The number of hydrogen-bond donors (Lipinski definition) is 2. The SMILES string of the molecule is Cc1ccc(NS(=O)(=O)c2cc(Br)cc3c2NCCC3)cc1. The number of nitrogens with one attached hydrogen (secondary N) is 2. The van der Waals surface area contributed by atoms with Crippen LogP contribution in [0.2, 0.25) is 0 Å². The summed E-state index contributed by atoms with van der Waals surface area (Å²) in [5.74, 6) is 0. The van der Waals surface area contributed by atoms with Crippen LogP contribution in [0, 0.1) is 6.92 Å². The third kappa shape index (κ3) is 3.13. The lowest BCUT2D eigenvalue weighted by Gasteiger charge is -2.22. The van der Waals surface area contributed by atoms with Crippen LogP contribution in [0.4, 0.5) is 11.4 Å². The zero-order chi connectivity index (χ0) is 15.7. The van der Waals surface area contributed by atoms with Crippen LogP contribution in [0.3, 0.4) is 0 Å². The Morgan fingerprint density at radius 1 is 1.18 bits per heavy atom.